The minimum absolute atomic E-state index is 0.277. The normalized spacial score (nSPS) is 11.0. The van der Waals surface area contributed by atoms with Gasteiger partial charge in [0.1, 0.15) is 0 Å². The highest BCUT2D eigenvalue weighted by Gasteiger charge is 2.11. The van der Waals surface area contributed by atoms with Gasteiger partial charge in [-0.3, -0.25) is 0 Å². The SMILES string of the molecule is CCCCCOc1ccc(-c2ccc(CCc3ccc(C)c(F)c3F)cc2)cc1F. The lowest BCUT2D eigenvalue weighted by atomic mass is 9.99. The summed E-state index contributed by atoms with van der Waals surface area (Å²) in [5.41, 5.74) is 3.36. The predicted octanol–water partition coefficient (Wildman–Crippen LogP) is 7.43. The molecular formula is C26H27F3O. The molecule has 0 radical (unpaired) electrons. The standard InChI is InChI=1S/C26H27F3O/c1-3-4-5-16-30-24-15-14-22(17-23(24)27)20-11-7-19(8-12-20)9-13-21-10-6-18(2)25(28)26(21)29/h6-8,10-12,14-15,17H,3-5,9,13,16H2,1-2H3. The van der Waals surface area contributed by atoms with E-state index in [4.69, 9.17) is 4.74 Å². The van der Waals surface area contributed by atoms with E-state index in [1.165, 1.54) is 6.07 Å². The number of aryl methyl sites for hydroxylation is 3. The third-order valence-corrected chi connectivity index (χ3v) is 5.26. The molecule has 3 aromatic rings. The van der Waals surface area contributed by atoms with Gasteiger partial charge >= 0.3 is 0 Å². The predicted molar refractivity (Wildman–Crippen MR) is 115 cm³/mol. The van der Waals surface area contributed by atoms with Gasteiger partial charge in [0.05, 0.1) is 6.61 Å². The van der Waals surface area contributed by atoms with Gasteiger partial charge in [-0.2, -0.15) is 0 Å². The minimum atomic E-state index is -0.775. The van der Waals surface area contributed by atoms with Gasteiger partial charge in [-0.1, -0.05) is 62.2 Å². The Labute approximate surface area is 176 Å². The fraction of sp³-hybridized carbons (Fsp3) is 0.308. The van der Waals surface area contributed by atoms with Gasteiger partial charge in [0.2, 0.25) is 0 Å². The average molecular weight is 412 g/mol. The van der Waals surface area contributed by atoms with E-state index >= 15 is 0 Å². The maximum absolute atomic E-state index is 14.3. The largest absolute Gasteiger partial charge is 0.491 e. The summed E-state index contributed by atoms with van der Waals surface area (Å²) in [7, 11) is 0. The van der Waals surface area contributed by atoms with Crippen molar-refractivity contribution in [2.75, 3.05) is 6.61 Å². The van der Waals surface area contributed by atoms with Gasteiger partial charge in [0.25, 0.3) is 0 Å². The van der Waals surface area contributed by atoms with Crippen LogP contribution < -0.4 is 4.74 Å². The smallest absolute Gasteiger partial charge is 0.165 e. The summed E-state index contributed by atoms with van der Waals surface area (Å²) in [6, 6.07) is 15.9. The van der Waals surface area contributed by atoms with Crippen LogP contribution in [0, 0.1) is 24.4 Å². The zero-order valence-electron chi connectivity index (χ0n) is 17.5. The number of unbranched alkanes of at least 4 members (excludes halogenated alkanes) is 2. The van der Waals surface area contributed by atoms with Crippen LogP contribution in [0.25, 0.3) is 11.1 Å². The molecule has 158 valence electrons. The van der Waals surface area contributed by atoms with Gasteiger partial charge in [-0.15, -0.1) is 0 Å². The Kier molecular flexibility index (Phi) is 7.56. The molecule has 0 aliphatic carbocycles. The van der Waals surface area contributed by atoms with E-state index in [0.717, 1.165) is 36.0 Å². The molecule has 30 heavy (non-hydrogen) atoms. The van der Waals surface area contributed by atoms with E-state index in [9.17, 15) is 13.2 Å². The van der Waals surface area contributed by atoms with Crippen LogP contribution in [0.2, 0.25) is 0 Å². The van der Waals surface area contributed by atoms with Crippen molar-refractivity contribution in [1.29, 1.82) is 0 Å². The first kappa shape index (κ1) is 21.9. The summed E-state index contributed by atoms with van der Waals surface area (Å²) in [4.78, 5) is 0. The van der Waals surface area contributed by atoms with Gasteiger partial charge < -0.3 is 4.74 Å². The molecule has 0 aliphatic rings. The zero-order valence-corrected chi connectivity index (χ0v) is 17.5. The number of halogens is 3. The molecule has 0 aliphatic heterocycles. The second-order valence-electron chi connectivity index (χ2n) is 7.57. The highest BCUT2D eigenvalue weighted by Crippen LogP contribution is 2.26. The first-order valence-electron chi connectivity index (χ1n) is 10.4. The molecule has 3 aromatic carbocycles. The van der Waals surface area contributed by atoms with Gasteiger partial charge in [-0.05, 0) is 66.1 Å². The fourth-order valence-corrected chi connectivity index (χ4v) is 3.35. The van der Waals surface area contributed by atoms with Crippen molar-refractivity contribution >= 4 is 0 Å². The van der Waals surface area contributed by atoms with Gasteiger partial charge in [0.15, 0.2) is 23.2 Å². The maximum atomic E-state index is 14.3. The van der Waals surface area contributed by atoms with E-state index in [2.05, 4.69) is 6.92 Å². The Hall–Kier alpha value is -2.75. The second-order valence-corrected chi connectivity index (χ2v) is 7.57. The Morgan fingerprint density at radius 1 is 0.767 bits per heavy atom. The zero-order chi connectivity index (χ0) is 21.5. The number of benzene rings is 3. The number of hydrogen-bond acceptors (Lipinski definition) is 1. The molecule has 0 saturated heterocycles. The summed E-state index contributed by atoms with van der Waals surface area (Å²) in [5, 5.41) is 0. The van der Waals surface area contributed by atoms with Crippen LogP contribution in [0.15, 0.2) is 54.6 Å². The molecule has 0 bridgehead atoms. The summed E-state index contributed by atoms with van der Waals surface area (Å²) in [6.07, 6.45) is 4.09. The molecule has 1 nitrogen and oxygen atoms in total. The third kappa shape index (κ3) is 5.44. The highest BCUT2D eigenvalue weighted by atomic mass is 19.2. The molecule has 3 rings (SSSR count). The van der Waals surface area contributed by atoms with Crippen molar-refractivity contribution < 1.29 is 17.9 Å². The molecule has 0 spiro atoms. The van der Waals surface area contributed by atoms with Crippen molar-refractivity contribution in [2.24, 2.45) is 0 Å². The Morgan fingerprint density at radius 3 is 2.20 bits per heavy atom. The average Bonchev–Trinajstić information content (AvgIpc) is 2.76. The lowest BCUT2D eigenvalue weighted by Gasteiger charge is -2.10. The maximum Gasteiger partial charge on any atom is 0.165 e. The van der Waals surface area contributed by atoms with Gasteiger partial charge in [0, 0.05) is 0 Å². The molecule has 0 heterocycles. The van der Waals surface area contributed by atoms with Crippen molar-refractivity contribution in [3.63, 3.8) is 0 Å². The summed E-state index contributed by atoms with van der Waals surface area (Å²) < 4.78 is 47.6. The lowest BCUT2D eigenvalue weighted by molar-refractivity contribution is 0.291. The van der Waals surface area contributed by atoms with Crippen molar-refractivity contribution in [2.45, 2.75) is 46.0 Å². The number of hydrogen-bond donors (Lipinski definition) is 0. The van der Waals surface area contributed by atoms with E-state index in [1.54, 1.807) is 25.1 Å². The molecule has 0 saturated carbocycles. The molecule has 0 atom stereocenters. The van der Waals surface area contributed by atoms with Crippen LogP contribution in [0.3, 0.4) is 0 Å². The second kappa shape index (κ2) is 10.3. The first-order valence-corrected chi connectivity index (χ1v) is 10.4. The van der Waals surface area contributed by atoms with Crippen LogP contribution in [0.5, 0.6) is 5.75 Å². The van der Waals surface area contributed by atoms with Crippen LogP contribution in [0.1, 0.15) is 42.9 Å². The van der Waals surface area contributed by atoms with Crippen LogP contribution in [-0.4, -0.2) is 6.61 Å². The van der Waals surface area contributed by atoms with Crippen molar-refractivity contribution in [3.05, 3.63) is 88.7 Å². The van der Waals surface area contributed by atoms with E-state index < -0.39 is 11.6 Å². The monoisotopic (exact) mass is 412 g/mol. The molecule has 0 fully saturated rings. The summed E-state index contributed by atoms with van der Waals surface area (Å²) in [6.45, 7) is 4.18. The van der Waals surface area contributed by atoms with E-state index in [0.29, 0.717) is 30.6 Å². The highest BCUT2D eigenvalue weighted by molar-refractivity contribution is 5.64. The lowest BCUT2D eigenvalue weighted by Crippen LogP contribution is -1.99. The molecule has 4 heteroatoms. The Morgan fingerprint density at radius 2 is 1.50 bits per heavy atom. The van der Waals surface area contributed by atoms with Crippen LogP contribution >= 0.6 is 0 Å². The Bertz CT molecular complexity index is 980. The molecule has 0 N–H and O–H groups in total. The Balaban J connectivity index is 1.63. The number of rotatable bonds is 9. The van der Waals surface area contributed by atoms with Gasteiger partial charge in [-0.25, -0.2) is 13.2 Å². The van der Waals surface area contributed by atoms with E-state index in [1.807, 2.05) is 30.3 Å². The van der Waals surface area contributed by atoms with Crippen LogP contribution in [0.4, 0.5) is 13.2 Å². The summed E-state index contributed by atoms with van der Waals surface area (Å²) in [5.74, 6) is -1.63. The third-order valence-electron chi connectivity index (χ3n) is 5.26. The fourth-order valence-electron chi connectivity index (χ4n) is 3.35. The summed E-state index contributed by atoms with van der Waals surface area (Å²) >= 11 is 0. The molecule has 0 amide bonds. The van der Waals surface area contributed by atoms with Crippen LogP contribution in [-0.2, 0) is 12.8 Å². The first-order chi connectivity index (χ1) is 14.5. The van der Waals surface area contributed by atoms with Crippen molar-refractivity contribution in [3.8, 4) is 16.9 Å². The topological polar surface area (TPSA) is 9.23 Å². The molecule has 0 unspecified atom stereocenters. The number of ether oxygens (including phenoxy) is 1. The van der Waals surface area contributed by atoms with Crippen molar-refractivity contribution in [1.82, 2.24) is 0 Å². The molecule has 0 aromatic heterocycles. The minimum Gasteiger partial charge on any atom is -0.491 e. The quantitative estimate of drug-likeness (QED) is 0.332. The molecular weight excluding hydrogens is 385 g/mol. The van der Waals surface area contributed by atoms with E-state index in [-0.39, 0.29) is 11.6 Å².